The van der Waals surface area contributed by atoms with Gasteiger partial charge in [0, 0.05) is 13.1 Å². The number of hydrogen-bond donors (Lipinski definition) is 2. The minimum atomic E-state index is -4.15. The van der Waals surface area contributed by atoms with Gasteiger partial charge in [-0.2, -0.15) is 4.31 Å². The third-order valence-electron chi connectivity index (χ3n) is 3.16. The van der Waals surface area contributed by atoms with Crippen molar-refractivity contribution in [2.75, 3.05) is 13.1 Å². The monoisotopic (exact) mass is 303 g/mol. The molecule has 20 heavy (non-hydrogen) atoms. The number of sulfonamides is 1. The van der Waals surface area contributed by atoms with Gasteiger partial charge in [0.15, 0.2) is 0 Å². The van der Waals surface area contributed by atoms with Crippen LogP contribution in [0.15, 0.2) is 23.1 Å². The normalized spacial score (nSPS) is 20.8. The zero-order valence-corrected chi connectivity index (χ0v) is 11.3. The number of benzene rings is 1. The average molecular weight is 303 g/mol. The van der Waals surface area contributed by atoms with Crippen molar-refractivity contribution in [1.82, 2.24) is 4.31 Å². The van der Waals surface area contributed by atoms with E-state index in [-0.39, 0.29) is 18.7 Å². The number of aliphatic hydroxyl groups is 1. The predicted octanol–water partition coefficient (Wildman–Crippen LogP) is 0.669. The van der Waals surface area contributed by atoms with Gasteiger partial charge in [0.2, 0.25) is 10.0 Å². The lowest BCUT2D eigenvalue weighted by molar-refractivity contribution is 0.0696. The third kappa shape index (κ3) is 2.82. The van der Waals surface area contributed by atoms with Crippen LogP contribution in [-0.2, 0) is 10.0 Å². The minimum absolute atomic E-state index is 0.112. The van der Waals surface area contributed by atoms with Crippen molar-refractivity contribution < 1.29 is 27.8 Å². The molecule has 0 bridgehead atoms. The van der Waals surface area contributed by atoms with Crippen LogP contribution in [-0.4, -0.2) is 48.1 Å². The van der Waals surface area contributed by atoms with Gasteiger partial charge in [-0.1, -0.05) is 0 Å². The number of halogens is 1. The Morgan fingerprint density at radius 2 is 2.10 bits per heavy atom. The fraction of sp³-hybridized carbons (Fsp3) is 0.417. The standard InChI is InChI=1S/C12H14FNO5S/c13-10-4-3-8(12(16)17)6-11(10)20(18,19)14-5-1-2-9(15)7-14/h3-4,6,9,15H,1-2,5,7H2,(H,16,17)/t9-/m0/s1. The van der Waals surface area contributed by atoms with Crippen molar-refractivity contribution in [3.63, 3.8) is 0 Å². The molecule has 1 atom stereocenters. The van der Waals surface area contributed by atoms with E-state index in [0.717, 1.165) is 22.5 Å². The largest absolute Gasteiger partial charge is 0.478 e. The summed E-state index contributed by atoms with van der Waals surface area (Å²) in [5.74, 6) is -2.34. The molecule has 0 saturated carbocycles. The molecule has 1 aromatic rings. The molecule has 0 radical (unpaired) electrons. The number of aliphatic hydroxyl groups excluding tert-OH is 1. The molecule has 0 spiro atoms. The van der Waals surface area contributed by atoms with Crippen LogP contribution in [0, 0.1) is 5.82 Å². The molecule has 110 valence electrons. The van der Waals surface area contributed by atoms with Crippen molar-refractivity contribution in [3.05, 3.63) is 29.6 Å². The van der Waals surface area contributed by atoms with Gasteiger partial charge in [-0.05, 0) is 31.0 Å². The molecule has 1 saturated heterocycles. The first kappa shape index (κ1) is 14.9. The highest BCUT2D eigenvalue weighted by molar-refractivity contribution is 7.89. The van der Waals surface area contributed by atoms with E-state index < -0.39 is 32.8 Å². The second kappa shape index (κ2) is 5.47. The Balaban J connectivity index is 2.43. The predicted molar refractivity (Wildman–Crippen MR) is 67.4 cm³/mol. The van der Waals surface area contributed by atoms with Gasteiger partial charge >= 0.3 is 5.97 Å². The van der Waals surface area contributed by atoms with Crippen LogP contribution in [0.1, 0.15) is 23.2 Å². The lowest BCUT2D eigenvalue weighted by atomic mass is 10.1. The summed E-state index contributed by atoms with van der Waals surface area (Å²) in [6, 6.07) is 2.62. The number of piperidine rings is 1. The number of rotatable bonds is 3. The van der Waals surface area contributed by atoms with Crippen molar-refractivity contribution in [2.45, 2.75) is 23.8 Å². The number of hydrogen-bond acceptors (Lipinski definition) is 4. The molecule has 1 aliphatic heterocycles. The molecular formula is C12H14FNO5S. The molecule has 2 rings (SSSR count). The number of carboxylic acids is 1. The van der Waals surface area contributed by atoms with Crippen LogP contribution in [0.25, 0.3) is 0 Å². The highest BCUT2D eigenvalue weighted by atomic mass is 32.2. The van der Waals surface area contributed by atoms with Crippen LogP contribution >= 0.6 is 0 Å². The lowest BCUT2D eigenvalue weighted by Gasteiger charge is -2.29. The van der Waals surface area contributed by atoms with E-state index in [1.807, 2.05) is 0 Å². The van der Waals surface area contributed by atoms with E-state index in [2.05, 4.69) is 0 Å². The summed E-state index contributed by atoms with van der Waals surface area (Å²) >= 11 is 0. The Morgan fingerprint density at radius 3 is 2.70 bits per heavy atom. The van der Waals surface area contributed by atoms with Gasteiger partial charge in [0.1, 0.15) is 10.7 Å². The third-order valence-corrected chi connectivity index (χ3v) is 5.04. The second-order valence-corrected chi connectivity index (χ2v) is 6.52. The minimum Gasteiger partial charge on any atom is -0.478 e. The first-order valence-corrected chi connectivity index (χ1v) is 7.47. The summed E-state index contributed by atoms with van der Waals surface area (Å²) in [6.07, 6.45) is 0.175. The molecule has 1 aliphatic rings. The van der Waals surface area contributed by atoms with Crippen LogP contribution in [0.4, 0.5) is 4.39 Å². The fourth-order valence-electron chi connectivity index (χ4n) is 2.11. The van der Waals surface area contributed by atoms with Gasteiger partial charge in [0.05, 0.1) is 11.7 Å². The van der Waals surface area contributed by atoms with Crippen molar-refractivity contribution in [2.24, 2.45) is 0 Å². The molecule has 0 aliphatic carbocycles. The van der Waals surface area contributed by atoms with E-state index in [9.17, 15) is 22.7 Å². The Labute approximate surface area is 115 Å². The highest BCUT2D eigenvalue weighted by Gasteiger charge is 2.32. The Bertz CT molecular complexity index is 631. The molecule has 0 unspecified atom stereocenters. The first-order chi connectivity index (χ1) is 9.32. The number of aromatic carboxylic acids is 1. The topological polar surface area (TPSA) is 94.9 Å². The zero-order valence-electron chi connectivity index (χ0n) is 10.5. The van der Waals surface area contributed by atoms with Gasteiger partial charge in [-0.25, -0.2) is 17.6 Å². The molecule has 0 aromatic heterocycles. The Morgan fingerprint density at radius 1 is 1.40 bits per heavy atom. The van der Waals surface area contributed by atoms with Crippen molar-refractivity contribution in [1.29, 1.82) is 0 Å². The second-order valence-electron chi connectivity index (χ2n) is 4.61. The van der Waals surface area contributed by atoms with Crippen LogP contribution in [0.2, 0.25) is 0 Å². The van der Waals surface area contributed by atoms with Crippen molar-refractivity contribution >= 4 is 16.0 Å². The zero-order chi connectivity index (χ0) is 14.9. The van der Waals surface area contributed by atoms with E-state index >= 15 is 0 Å². The average Bonchev–Trinajstić information content (AvgIpc) is 2.38. The Hall–Kier alpha value is -1.51. The molecular weight excluding hydrogens is 289 g/mol. The van der Waals surface area contributed by atoms with Crippen LogP contribution < -0.4 is 0 Å². The fourth-order valence-corrected chi connectivity index (χ4v) is 3.72. The summed E-state index contributed by atoms with van der Waals surface area (Å²) in [7, 11) is -4.15. The van der Waals surface area contributed by atoms with E-state index in [1.54, 1.807) is 0 Å². The molecule has 1 heterocycles. The maximum Gasteiger partial charge on any atom is 0.335 e. The lowest BCUT2D eigenvalue weighted by Crippen LogP contribution is -2.42. The number of carboxylic acid groups (broad SMARTS) is 1. The maximum atomic E-state index is 13.7. The van der Waals surface area contributed by atoms with E-state index in [1.165, 1.54) is 0 Å². The molecule has 0 amide bonds. The van der Waals surface area contributed by atoms with Gasteiger partial charge in [0.25, 0.3) is 0 Å². The number of carbonyl (C=O) groups is 1. The van der Waals surface area contributed by atoms with Gasteiger partial charge in [-0.15, -0.1) is 0 Å². The van der Waals surface area contributed by atoms with E-state index in [0.29, 0.717) is 12.8 Å². The quantitative estimate of drug-likeness (QED) is 0.856. The summed E-state index contributed by atoms with van der Waals surface area (Å²) in [5.41, 5.74) is -0.303. The number of β-amino-alcohol motifs (C(OH)–C–C–N with tert-alkyl or cyclic N) is 1. The molecule has 6 nitrogen and oxygen atoms in total. The van der Waals surface area contributed by atoms with Gasteiger partial charge in [-0.3, -0.25) is 0 Å². The van der Waals surface area contributed by atoms with Crippen molar-refractivity contribution in [3.8, 4) is 0 Å². The van der Waals surface area contributed by atoms with Crippen LogP contribution in [0.3, 0.4) is 0 Å². The van der Waals surface area contributed by atoms with Crippen LogP contribution in [0.5, 0.6) is 0 Å². The van der Waals surface area contributed by atoms with E-state index in [4.69, 9.17) is 5.11 Å². The molecule has 8 heteroatoms. The SMILES string of the molecule is O=C(O)c1ccc(F)c(S(=O)(=O)N2CCC[C@H](O)C2)c1. The number of nitrogens with zero attached hydrogens (tertiary/aromatic N) is 1. The van der Waals surface area contributed by atoms with Gasteiger partial charge < -0.3 is 10.2 Å². The summed E-state index contributed by atoms with van der Waals surface area (Å²) in [6.45, 7) is 0.0647. The highest BCUT2D eigenvalue weighted by Crippen LogP contribution is 2.24. The first-order valence-electron chi connectivity index (χ1n) is 6.03. The molecule has 2 N–H and O–H groups in total. The molecule has 1 aromatic carbocycles. The summed E-state index contributed by atoms with van der Waals surface area (Å²) in [4.78, 5) is 10.2. The smallest absolute Gasteiger partial charge is 0.335 e. The maximum absolute atomic E-state index is 13.7. The Kier molecular flexibility index (Phi) is 4.07. The molecule has 1 fully saturated rings. The summed E-state index contributed by atoms with van der Waals surface area (Å²) in [5, 5.41) is 18.4. The summed E-state index contributed by atoms with van der Waals surface area (Å²) < 4.78 is 39.3.